The molecule has 0 heterocycles. The minimum Gasteiger partial charge on any atom is -0.530 e. The molecule has 0 aliphatic heterocycles. The lowest BCUT2D eigenvalue weighted by Crippen LogP contribution is -2.37. The number of carbonyl (C=O) groups excluding carboxylic acids is 1. The summed E-state index contributed by atoms with van der Waals surface area (Å²) in [4.78, 5) is 10.0. The molecule has 0 unspecified atom stereocenters. The van der Waals surface area contributed by atoms with Crippen molar-refractivity contribution in [2.75, 3.05) is 13.1 Å². The van der Waals surface area contributed by atoms with E-state index in [0.717, 1.165) is 12.1 Å². The maximum Gasteiger partial charge on any atom is 0.416 e. The van der Waals surface area contributed by atoms with Gasteiger partial charge in [0.25, 0.3) is 0 Å². The van der Waals surface area contributed by atoms with Crippen molar-refractivity contribution in [2.45, 2.75) is 19.1 Å². The van der Waals surface area contributed by atoms with Crippen molar-refractivity contribution in [3.8, 4) is 0 Å². The Kier molecular flexibility index (Phi) is 5.62. The van der Waals surface area contributed by atoms with Gasteiger partial charge in [0.2, 0.25) is 0 Å². The zero-order valence-electron chi connectivity index (χ0n) is 10.1. The molecule has 0 aliphatic carbocycles. The predicted molar refractivity (Wildman–Crippen MR) is 61.2 cm³/mol. The van der Waals surface area contributed by atoms with Crippen LogP contribution in [0.3, 0.4) is 0 Å². The number of nitrogens with one attached hydrogen (secondary N) is 2. The summed E-state index contributed by atoms with van der Waals surface area (Å²) in [5.74, 6) is 0. The molecule has 0 bridgehead atoms. The average molecular weight is 275 g/mol. The highest BCUT2D eigenvalue weighted by atomic mass is 19.4. The van der Waals surface area contributed by atoms with E-state index < -0.39 is 17.8 Å². The minimum atomic E-state index is -4.34. The number of alkyl halides is 3. The number of benzene rings is 1. The molecule has 2 N–H and O–H groups in total. The first-order chi connectivity index (χ1) is 8.89. The first-order valence-electron chi connectivity index (χ1n) is 5.71. The van der Waals surface area contributed by atoms with Gasteiger partial charge in [0.15, 0.2) is 0 Å². The molecule has 0 aliphatic rings. The second-order valence-electron chi connectivity index (χ2n) is 3.94. The Bertz CT molecular complexity index is 422. The van der Waals surface area contributed by atoms with Crippen LogP contribution in [-0.4, -0.2) is 19.2 Å². The van der Waals surface area contributed by atoms with Crippen LogP contribution < -0.4 is 15.7 Å². The summed E-state index contributed by atoms with van der Waals surface area (Å²) in [6.45, 7) is 1.05. The normalized spacial score (nSPS) is 11.3. The second-order valence-corrected chi connectivity index (χ2v) is 3.94. The summed E-state index contributed by atoms with van der Waals surface area (Å²) < 4.78 is 37.3. The van der Waals surface area contributed by atoms with Gasteiger partial charge in [-0.05, 0) is 24.6 Å². The van der Waals surface area contributed by atoms with E-state index >= 15 is 0 Å². The number of amides is 1. The third-order valence-electron chi connectivity index (χ3n) is 2.38. The standard InChI is InChI=1S/C12H15F3N2O2/c13-12(14,15)10-4-1-3-9(7-10)8-16-5-2-6-17-11(18)19/h1,3-4,7,16-17H,2,5-6,8H2,(H,18,19)/p-1. The van der Waals surface area contributed by atoms with E-state index in [2.05, 4.69) is 10.6 Å². The second kappa shape index (κ2) is 6.98. The lowest BCUT2D eigenvalue weighted by molar-refractivity contribution is -0.250. The third kappa shape index (κ3) is 6.10. The Morgan fingerprint density at radius 3 is 2.63 bits per heavy atom. The fourth-order valence-corrected chi connectivity index (χ4v) is 1.49. The van der Waals surface area contributed by atoms with Gasteiger partial charge in [0.1, 0.15) is 6.09 Å². The predicted octanol–water partition coefficient (Wildman–Crippen LogP) is 1.12. The zero-order chi connectivity index (χ0) is 14.3. The van der Waals surface area contributed by atoms with E-state index in [4.69, 9.17) is 0 Å². The molecule has 106 valence electrons. The largest absolute Gasteiger partial charge is 0.530 e. The summed E-state index contributed by atoms with van der Waals surface area (Å²) in [5, 5.41) is 15.1. The number of rotatable bonds is 6. The maximum absolute atomic E-state index is 12.4. The Morgan fingerprint density at radius 1 is 1.26 bits per heavy atom. The fraction of sp³-hybridized carbons (Fsp3) is 0.417. The van der Waals surface area contributed by atoms with E-state index in [1.54, 1.807) is 6.07 Å². The highest BCUT2D eigenvalue weighted by Crippen LogP contribution is 2.29. The zero-order valence-corrected chi connectivity index (χ0v) is 10.1. The van der Waals surface area contributed by atoms with Crippen molar-refractivity contribution in [1.82, 2.24) is 10.6 Å². The highest BCUT2D eigenvalue weighted by Gasteiger charge is 2.30. The molecule has 1 amide bonds. The van der Waals surface area contributed by atoms with Crippen LogP contribution in [0.25, 0.3) is 0 Å². The Hall–Kier alpha value is -1.76. The van der Waals surface area contributed by atoms with Crippen LogP contribution >= 0.6 is 0 Å². The van der Waals surface area contributed by atoms with Crippen LogP contribution in [0.1, 0.15) is 17.5 Å². The minimum absolute atomic E-state index is 0.248. The molecule has 0 aromatic heterocycles. The number of halogens is 3. The van der Waals surface area contributed by atoms with Crippen LogP contribution in [0.4, 0.5) is 18.0 Å². The molecule has 7 heteroatoms. The molecule has 0 spiro atoms. The fourth-order valence-electron chi connectivity index (χ4n) is 1.49. The van der Waals surface area contributed by atoms with E-state index in [9.17, 15) is 23.1 Å². The van der Waals surface area contributed by atoms with Gasteiger partial charge in [-0.25, -0.2) is 0 Å². The van der Waals surface area contributed by atoms with Gasteiger partial charge in [-0.15, -0.1) is 0 Å². The molecule has 0 saturated carbocycles. The number of carboxylic acid groups (broad SMARTS) is 1. The average Bonchev–Trinajstić information content (AvgIpc) is 2.32. The van der Waals surface area contributed by atoms with E-state index in [1.165, 1.54) is 6.07 Å². The van der Waals surface area contributed by atoms with Gasteiger partial charge in [-0.1, -0.05) is 18.2 Å². The molecule has 4 nitrogen and oxygen atoms in total. The van der Waals surface area contributed by atoms with Gasteiger partial charge in [-0.2, -0.15) is 13.2 Å². The number of hydrogen-bond acceptors (Lipinski definition) is 3. The van der Waals surface area contributed by atoms with Crippen molar-refractivity contribution in [3.05, 3.63) is 35.4 Å². The molecule has 1 rings (SSSR count). The first-order valence-corrected chi connectivity index (χ1v) is 5.71. The molecule has 0 atom stereocenters. The third-order valence-corrected chi connectivity index (χ3v) is 2.38. The highest BCUT2D eigenvalue weighted by molar-refractivity contribution is 5.61. The lowest BCUT2D eigenvalue weighted by Gasteiger charge is -2.10. The summed E-state index contributed by atoms with van der Waals surface area (Å²) >= 11 is 0. The number of hydrogen-bond donors (Lipinski definition) is 2. The van der Waals surface area contributed by atoms with E-state index in [1.807, 2.05) is 0 Å². The number of carbonyl (C=O) groups is 1. The van der Waals surface area contributed by atoms with Crippen molar-refractivity contribution in [3.63, 3.8) is 0 Å². The van der Waals surface area contributed by atoms with Crippen LogP contribution in [0.2, 0.25) is 0 Å². The SMILES string of the molecule is O=C([O-])NCCCNCc1cccc(C(F)(F)F)c1. The van der Waals surface area contributed by atoms with Crippen LogP contribution in [0, 0.1) is 0 Å². The van der Waals surface area contributed by atoms with Crippen LogP contribution in [0.5, 0.6) is 0 Å². The molecule has 0 radical (unpaired) electrons. The topological polar surface area (TPSA) is 64.2 Å². The molecule has 0 saturated heterocycles. The van der Waals surface area contributed by atoms with E-state index in [0.29, 0.717) is 25.1 Å². The maximum atomic E-state index is 12.4. The van der Waals surface area contributed by atoms with Crippen molar-refractivity contribution < 1.29 is 23.1 Å². The monoisotopic (exact) mass is 275 g/mol. The van der Waals surface area contributed by atoms with Crippen molar-refractivity contribution in [2.24, 2.45) is 0 Å². The summed E-state index contributed by atoms with van der Waals surface area (Å²) in [5.41, 5.74) is -0.145. The van der Waals surface area contributed by atoms with Crippen molar-refractivity contribution in [1.29, 1.82) is 0 Å². The summed E-state index contributed by atoms with van der Waals surface area (Å²) in [6.07, 6.45) is -5.14. The Labute approximate surface area is 108 Å². The van der Waals surface area contributed by atoms with Crippen LogP contribution in [0.15, 0.2) is 24.3 Å². The first kappa shape index (κ1) is 15.3. The van der Waals surface area contributed by atoms with Gasteiger partial charge in [0, 0.05) is 13.1 Å². The smallest absolute Gasteiger partial charge is 0.416 e. The molecular weight excluding hydrogens is 261 g/mol. The molecular formula is C12H14F3N2O2-. The lowest BCUT2D eigenvalue weighted by atomic mass is 10.1. The van der Waals surface area contributed by atoms with Gasteiger partial charge in [-0.3, -0.25) is 0 Å². The van der Waals surface area contributed by atoms with Gasteiger partial charge >= 0.3 is 6.18 Å². The molecule has 1 aromatic carbocycles. The Morgan fingerprint density at radius 2 is 2.00 bits per heavy atom. The van der Waals surface area contributed by atoms with E-state index in [-0.39, 0.29) is 6.54 Å². The van der Waals surface area contributed by atoms with Crippen LogP contribution in [-0.2, 0) is 12.7 Å². The summed E-state index contributed by atoms with van der Waals surface area (Å²) in [6, 6.07) is 5.07. The molecule has 19 heavy (non-hydrogen) atoms. The molecule has 1 aromatic rings. The van der Waals surface area contributed by atoms with Gasteiger partial charge in [0.05, 0.1) is 5.56 Å². The summed E-state index contributed by atoms with van der Waals surface area (Å²) in [7, 11) is 0. The van der Waals surface area contributed by atoms with Crippen molar-refractivity contribution >= 4 is 6.09 Å². The quantitative estimate of drug-likeness (QED) is 0.765. The molecule has 0 fully saturated rings. The Balaban J connectivity index is 2.32. The van der Waals surface area contributed by atoms with Gasteiger partial charge < -0.3 is 20.5 Å².